The number of nitrogens with one attached hydrogen (secondary N) is 2. The van der Waals surface area contributed by atoms with E-state index in [1.54, 1.807) is 12.4 Å². The maximum atomic E-state index is 13.2. The molecule has 0 aliphatic carbocycles. The van der Waals surface area contributed by atoms with E-state index in [0.717, 1.165) is 28.1 Å². The molecule has 0 aliphatic heterocycles. The Bertz CT molecular complexity index is 1170. The van der Waals surface area contributed by atoms with Crippen molar-refractivity contribution in [1.82, 2.24) is 15.4 Å². The van der Waals surface area contributed by atoms with Gasteiger partial charge in [-0.1, -0.05) is 36.4 Å². The largest absolute Gasteiger partial charge is 0.473 e. The molecule has 4 aromatic rings. The molecule has 4 rings (SSSR count). The molecule has 0 spiro atoms. The summed E-state index contributed by atoms with van der Waals surface area (Å²) in [7, 11) is 0. The first-order valence-corrected chi connectivity index (χ1v) is 8.92. The molecule has 1 amide bonds. The van der Waals surface area contributed by atoms with E-state index < -0.39 is 11.7 Å². The van der Waals surface area contributed by atoms with Gasteiger partial charge in [0.1, 0.15) is 12.4 Å². The molecule has 2 aromatic carbocycles. The first kappa shape index (κ1) is 18.4. The lowest BCUT2D eigenvalue weighted by Crippen LogP contribution is -2.17. The number of aromatic nitrogens is 2. The van der Waals surface area contributed by atoms with E-state index in [9.17, 15) is 9.18 Å². The molecule has 0 unspecified atom stereocenters. The van der Waals surface area contributed by atoms with Crippen LogP contribution in [0.5, 0.6) is 5.88 Å². The number of amides is 1. The van der Waals surface area contributed by atoms with Crippen LogP contribution in [0.25, 0.3) is 10.9 Å². The van der Waals surface area contributed by atoms with Gasteiger partial charge in [0.2, 0.25) is 5.88 Å². The standard InChI is InChI=1S/C22H17FN4O2/c23-18-8-4-7-16(9-18)22(28)27-26-12-17-11-24-20-13-25-21(10-19(17)20)29-14-15-5-2-1-3-6-15/h1-13,24H,14H2,(H,27,28). The van der Waals surface area contributed by atoms with E-state index in [0.29, 0.717) is 12.5 Å². The minimum atomic E-state index is -0.492. The number of hydrazone groups is 1. The topological polar surface area (TPSA) is 79.4 Å². The molecule has 0 atom stereocenters. The molecule has 0 fully saturated rings. The van der Waals surface area contributed by atoms with Gasteiger partial charge in [-0.3, -0.25) is 4.79 Å². The van der Waals surface area contributed by atoms with Crippen molar-refractivity contribution in [1.29, 1.82) is 0 Å². The van der Waals surface area contributed by atoms with Gasteiger partial charge in [-0.2, -0.15) is 5.10 Å². The fourth-order valence-corrected chi connectivity index (χ4v) is 2.80. The number of halogens is 1. The van der Waals surface area contributed by atoms with Crippen molar-refractivity contribution in [2.75, 3.05) is 0 Å². The van der Waals surface area contributed by atoms with Crippen LogP contribution in [0.1, 0.15) is 21.5 Å². The lowest BCUT2D eigenvalue weighted by atomic mass is 10.2. The van der Waals surface area contributed by atoms with E-state index in [1.165, 1.54) is 24.4 Å². The van der Waals surface area contributed by atoms with Crippen LogP contribution in [0.2, 0.25) is 0 Å². The number of pyridine rings is 1. The van der Waals surface area contributed by atoms with Crippen molar-refractivity contribution < 1.29 is 13.9 Å². The molecule has 144 valence electrons. The van der Waals surface area contributed by atoms with Crippen molar-refractivity contribution in [3.63, 3.8) is 0 Å². The Morgan fingerprint density at radius 2 is 2.03 bits per heavy atom. The number of rotatable bonds is 6. The molecule has 2 heterocycles. The number of benzene rings is 2. The lowest BCUT2D eigenvalue weighted by molar-refractivity contribution is 0.0954. The van der Waals surface area contributed by atoms with Crippen molar-refractivity contribution in [2.24, 2.45) is 5.10 Å². The summed E-state index contributed by atoms with van der Waals surface area (Å²) < 4.78 is 19.0. The zero-order chi connectivity index (χ0) is 20.1. The molecule has 29 heavy (non-hydrogen) atoms. The zero-order valence-corrected chi connectivity index (χ0v) is 15.3. The van der Waals surface area contributed by atoms with Gasteiger partial charge in [-0.15, -0.1) is 0 Å². The van der Waals surface area contributed by atoms with Gasteiger partial charge in [-0.25, -0.2) is 14.8 Å². The van der Waals surface area contributed by atoms with Crippen LogP contribution in [0, 0.1) is 5.82 Å². The Morgan fingerprint density at radius 3 is 2.86 bits per heavy atom. The second-order valence-corrected chi connectivity index (χ2v) is 6.30. The highest BCUT2D eigenvalue weighted by molar-refractivity contribution is 6.00. The minimum absolute atomic E-state index is 0.196. The first-order chi connectivity index (χ1) is 14.2. The highest BCUT2D eigenvalue weighted by Gasteiger charge is 2.07. The van der Waals surface area contributed by atoms with Gasteiger partial charge in [0, 0.05) is 28.8 Å². The Balaban J connectivity index is 1.46. The highest BCUT2D eigenvalue weighted by atomic mass is 19.1. The summed E-state index contributed by atoms with van der Waals surface area (Å²) >= 11 is 0. The van der Waals surface area contributed by atoms with Crippen LogP contribution < -0.4 is 10.2 Å². The normalized spacial score (nSPS) is 11.1. The SMILES string of the molecule is O=C(NN=Cc1c[nH]c2cnc(OCc3ccccc3)cc12)c1cccc(F)c1. The molecule has 2 N–H and O–H groups in total. The maximum absolute atomic E-state index is 13.2. The average molecular weight is 388 g/mol. The molecule has 0 saturated heterocycles. The predicted octanol–water partition coefficient (Wildman–Crippen LogP) is 4.04. The Kier molecular flexibility index (Phi) is 5.29. The molecule has 6 nitrogen and oxygen atoms in total. The van der Waals surface area contributed by atoms with Gasteiger partial charge in [-0.05, 0) is 23.8 Å². The summed E-state index contributed by atoms with van der Waals surface area (Å²) in [6.07, 6.45) is 4.94. The number of carbonyl (C=O) groups is 1. The number of nitrogens with zero attached hydrogens (tertiary/aromatic N) is 2. The lowest BCUT2D eigenvalue weighted by Gasteiger charge is -2.05. The van der Waals surface area contributed by atoms with Crippen LogP contribution in [0.15, 0.2) is 78.2 Å². The molecule has 0 saturated carbocycles. The summed E-state index contributed by atoms with van der Waals surface area (Å²) in [4.78, 5) is 19.4. The average Bonchev–Trinajstić information content (AvgIpc) is 3.15. The van der Waals surface area contributed by atoms with E-state index in [2.05, 4.69) is 20.5 Å². The smallest absolute Gasteiger partial charge is 0.271 e. The van der Waals surface area contributed by atoms with Crippen LogP contribution in [-0.2, 0) is 6.61 Å². The third kappa shape index (κ3) is 4.47. The van der Waals surface area contributed by atoms with Gasteiger partial charge in [0.05, 0.1) is 17.9 Å². The minimum Gasteiger partial charge on any atom is -0.473 e. The monoisotopic (exact) mass is 388 g/mol. The van der Waals surface area contributed by atoms with Crippen molar-refractivity contribution in [2.45, 2.75) is 6.61 Å². The number of hydrogen-bond acceptors (Lipinski definition) is 4. The summed E-state index contributed by atoms with van der Waals surface area (Å²) in [6.45, 7) is 0.414. The number of aromatic amines is 1. The van der Waals surface area contributed by atoms with Gasteiger partial charge >= 0.3 is 0 Å². The van der Waals surface area contributed by atoms with Gasteiger partial charge < -0.3 is 9.72 Å². The summed E-state index contributed by atoms with van der Waals surface area (Å²) in [5.41, 5.74) is 5.21. The zero-order valence-electron chi connectivity index (χ0n) is 15.3. The number of hydrogen-bond donors (Lipinski definition) is 2. The molecule has 0 bridgehead atoms. The fraction of sp³-hybridized carbons (Fsp3) is 0.0455. The van der Waals surface area contributed by atoms with Crippen LogP contribution >= 0.6 is 0 Å². The van der Waals surface area contributed by atoms with Crippen LogP contribution in [0.3, 0.4) is 0 Å². The van der Waals surface area contributed by atoms with E-state index in [-0.39, 0.29) is 5.56 Å². The number of fused-ring (bicyclic) bond motifs is 1. The Hall–Kier alpha value is -4.00. The highest BCUT2D eigenvalue weighted by Crippen LogP contribution is 2.21. The third-order valence-electron chi connectivity index (χ3n) is 4.26. The number of carbonyl (C=O) groups excluding carboxylic acids is 1. The van der Waals surface area contributed by atoms with E-state index in [1.807, 2.05) is 36.4 Å². The Morgan fingerprint density at radius 1 is 1.17 bits per heavy atom. The number of ether oxygens (including phenoxy) is 1. The van der Waals surface area contributed by atoms with Gasteiger partial charge in [0.15, 0.2) is 0 Å². The van der Waals surface area contributed by atoms with Crippen LogP contribution in [-0.4, -0.2) is 22.1 Å². The number of H-pyrrole nitrogens is 1. The quantitative estimate of drug-likeness (QED) is 0.386. The molecule has 0 aliphatic rings. The summed E-state index contributed by atoms with van der Waals surface area (Å²) in [5, 5.41) is 4.82. The Labute approximate surface area is 166 Å². The van der Waals surface area contributed by atoms with Crippen molar-refractivity contribution in [3.05, 3.63) is 95.6 Å². The van der Waals surface area contributed by atoms with E-state index >= 15 is 0 Å². The maximum Gasteiger partial charge on any atom is 0.271 e. The molecule has 7 heteroatoms. The summed E-state index contributed by atoms with van der Waals surface area (Å²) in [6, 6.07) is 17.0. The molecular weight excluding hydrogens is 371 g/mol. The third-order valence-corrected chi connectivity index (χ3v) is 4.26. The second-order valence-electron chi connectivity index (χ2n) is 6.30. The van der Waals surface area contributed by atoms with Crippen molar-refractivity contribution >= 4 is 23.0 Å². The molecule has 2 aromatic heterocycles. The van der Waals surface area contributed by atoms with Gasteiger partial charge in [0.25, 0.3) is 5.91 Å². The molecule has 0 radical (unpaired) electrons. The second kappa shape index (κ2) is 8.35. The first-order valence-electron chi connectivity index (χ1n) is 8.92. The van der Waals surface area contributed by atoms with Crippen LogP contribution in [0.4, 0.5) is 4.39 Å². The fourth-order valence-electron chi connectivity index (χ4n) is 2.80. The van der Waals surface area contributed by atoms with Crippen molar-refractivity contribution in [3.8, 4) is 5.88 Å². The predicted molar refractivity (Wildman–Crippen MR) is 108 cm³/mol. The molecular formula is C22H17FN4O2. The summed E-state index contributed by atoms with van der Waals surface area (Å²) in [5.74, 6) is -0.484. The van der Waals surface area contributed by atoms with E-state index in [4.69, 9.17) is 4.74 Å².